The SMILES string of the molecule is COC(=O)Cc1c(C(=O)OC)sc(NC(=O)CSc2ccc3ccccc3c2)c1C(=O)OC. The number of nitrogens with one attached hydrogen (secondary N) is 1. The lowest BCUT2D eigenvalue weighted by Crippen LogP contribution is -2.17. The van der Waals surface area contributed by atoms with Crippen LogP contribution in [0, 0.1) is 0 Å². The summed E-state index contributed by atoms with van der Waals surface area (Å²) in [6.45, 7) is 0. The van der Waals surface area contributed by atoms with Crippen molar-refractivity contribution in [3.63, 3.8) is 0 Å². The van der Waals surface area contributed by atoms with Crippen molar-refractivity contribution < 1.29 is 33.4 Å². The third-order valence-corrected chi connectivity index (χ3v) is 6.78. The van der Waals surface area contributed by atoms with Crippen molar-refractivity contribution in [2.45, 2.75) is 11.3 Å². The molecule has 172 valence electrons. The quantitative estimate of drug-likeness (QED) is 0.289. The minimum atomic E-state index is -0.794. The van der Waals surface area contributed by atoms with E-state index in [1.165, 1.54) is 33.1 Å². The van der Waals surface area contributed by atoms with Crippen molar-refractivity contribution in [3.05, 3.63) is 58.5 Å². The van der Waals surface area contributed by atoms with Crippen LogP contribution in [0.2, 0.25) is 0 Å². The number of amides is 1. The normalized spacial score (nSPS) is 10.5. The Morgan fingerprint density at radius 1 is 0.909 bits per heavy atom. The fraction of sp³-hybridized carbons (Fsp3) is 0.217. The van der Waals surface area contributed by atoms with Gasteiger partial charge in [0.25, 0.3) is 0 Å². The Hall–Kier alpha value is -3.37. The molecule has 3 aromatic rings. The number of anilines is 1. The molecule has 0 atom stereocenters. The van der Waals surface area contributed by atoms with E-state index in [1.54, 1.807) is 0 Å². The van der Waals surface area contributed by atoms with Gasteiger partial charge < -0.3 is 19.5 Å². The fourth-order valence-corrected chi connectivity index (χ4v) is 4.97. The van der Waals surface area contributed by atoms with Crippen molar-refractivity contribution in [2.24, 2.45) is 0 Å². The minimum Gasteiger partial charge on any atom is -0.469 e. The highest BCUT2D eigenvalue weighted by Crippen LogP contribution is 2.36. The number of thiophene rings is 1. The van der Waals surface area contributed by atoms with Gasteiger partial charge >= 0.3 is 17.9 Å². The lowest BCUT2D eigenvalue weighted by atomic mass is 10.1. The zero-order chi connectivity index (χ0) is 24.0. The van der Waals surface area contributed by atoms with Gasteiger partial charge in [-0.05, 0) is 22.9 Å². The first-order valence-electron chi connectivity index (χ1n) is 9.68. The standard InChI is InChI=1S/C23H21NO7S2/c1-29-18(26)11-16-19(22(27)30-2)21(33-20(16)23(28)31-3)24-17(25)12-32-15-9-8-13-6-4-5-7-14(13)10-15/h4-10H,11-12H2,1-3H3,(H,24,25). The summed E-state index contributed by atoms with van der Waals surface area (Å²) in [6, 6.07) is 13.8. The number of carbonyl (C=O) groups is 4. The predicted molar refractivity (Wildman–Crippen MR) is 126 cm³/mol. The number of methoxy groups -OCH3 is 3. The van der Waals surface area contributed by atoms with Crippen molar-refractivity contribution in [3.8, 4) is 0 Å². The molecule has 0 saturated carbocycles. The summed E-state index contributed by atoms with van der Waals surface area (Å²) in [5.74, 6) is -2.52. The number of ether oxygens (including phenoxy) is 3. The molecule has 0 unspecified atom stereocenters. The molecule has 0 radical (unpaired) electrons. The van der Waals surface area contributed by atoms with E-state index >= 15 is 0 Å². The Bertz CT molecular complexity index is 1220. The Morgan fingerprint density at radius 3 is 2.27 bits per heavy atom. The van der Waals surface area contributed by atoms with E-state index in [2.05, 4.69) is 10.1 Å². The summed E-state index contributed by atoms with van der Waals surface area (Å²) in [7, 11) is 3.54. The summed E-state index contributed by atoms with van der Waals surface area (Å²) in [4.78, 5) is 50.2. The van der Waals surface area contributed by atoms with Crippen LogP contribution < -0.4 is 5.32 Å². The number of thioether (sulfide) groups is 1. The Morgan fingerprint density at radius 2 is 1.61 bits per heavy atom. The maximum Gasteiger partial charge on any atom is 0.348 e. The largest absolute Gasteiger partial charge is 0.469 e. The van der Waals surface area contributed by atoms with Gasteiger partial charge in [0.2, 0.25) is 5.91 Å². The van der Waals surface area contributed by atoms with Gasteiger partial charge in [0.05, 0.1) is 39.1 Å². The smallest absolute Gasteiger partial charge is 0.348 e. The van der Waals surface area contributed by atoms with Crippen LogP contribution in [-0.2, 0) is 30.2 Å². The molecule has 8 nitrogen and oxygen atoms in total. The lowest BCUT2D eigenvalue weighted by Gasteiger charge is -2.08. The molecular formula is C23H21NO7S2. The number of rotatable bonds is 8. The van der Waals surface area contributed by atoms with Crippen LogP contribution in [0.5, 0.6) is 0 Å². The molecule has 2 aromatic carbocycles. The topological polar surface area (TPSA) is 108 Å². The number of benzene rings is 2. The first-order valence-corrected chi connectivity index (χ1v) is 11.5. The highest BCUT2D eigenvalue weighted by Gasteiger charge is 2.30. The van der Waals surface area contributed by atoms with Crippen molar-refractivity contribution in [2.75, 3.05) is 32.4 Å². The maximum absolute atomic E-state index is 12.7. The van der Waals surface area contributed by atoms with E-state index in [-0.39, 0.29) is 39.1 Å². The van der Waals surface area contributed by atoms with E-state index in [1.807, 2.05) is 42.5 Å². The number of carbonyl (C=O) groups excluding carboxylic acids is 4. The van der Waals surface area contributed by atoms with E-state index in [9.17, 15) is 19.2 Å². The summed E-state index contributed by atoms with van der Waals surface area (Å²) >= 11 is 2.17. The minimum absolute atomic E-state index is 0.0146. The molecule has 1 heterocycles. The third kappa shape index (κ3) is 5.71. The maximum atomic E-state index is 12.7. The summed E-state index contributed by atoms with van der Waals surface area (Å²) in [6.07, 6.45) is -0.358. The molecular weight excluding hydrogens is 466 g/mol. The van der Waals surface area contributed by atoms with Crippen LogP contribution in [0.3, 0.4) is 0 Å². The average molecular weight is 488 g/mol. The van der Waals surface area contributed by atoms with Crippen molar-refractivity contribution >= 4 is 62.7 Å². The second-order valence-corrected chi connectivity index (χ2v) is 8.77. The van der Waals surface area contributed by atoms with E-state index in [0.717, 1.165) is 27.0 Å². The fourth-order valence-electron chi connectivity index (χ4n) is 3.08. The number of hydrogen-bond donors (Lipinski definition) is 1. The van der Waals surface area contributed by atoms with Crippen LogP contribution in [-0.4, -0.2) is 50.9 Å². The first-order chi connectivity index (χ1) is 15.9. The number of esters is 3. The van der Waals surface area contributed by atoms with Crippen molar-refractivity contribution in [1.82, 2.24) is 0 Å². The monoisotopic (exact) mass is 487 g/mol. The Labute approximate surface area is 198 Å². The molecule has 0 fully saturated rings. The van der Waals surface area contributed by atoms with Crippen LogP contribution in [0.1, 0.15) is 25.6 Å². The van der Waals surface area contributed by atoms with Gasteiger partial charge in [-0.3, -0.25) is 9.59 Å². The van der Waals surface area contributed by atoms with Gasteiger partial charge in [-0.2, -0.15) is 0 Å². The predicted octanol–water partition coefficient (Wildman–Crippen LogP) is 3.92. The molecule has 1 N–H and O–H groups in total. The van der Waals surface area contributed by atoms with Gasteiger partial charge in [-0.1, -0.05) is 30.3 Å². The Balaban J connectivity index is 1.84. The van der Waals surface area contributed by atoms with Gasteiger partial charge in [0.1, 0.15) is 9.88 Å². The second-order valence-electron chi connectivity index (χ2n) is 6.70. The van der Waals surface area contributed by atoms with Crippen LogP contribution >= 0.6 is 23.1 Å². The molecule has 3 rings (SSSR count). The molecule has 0 aliphatic heterocycles. The summed E-state index contributed by atoms with van der Waals surface area (Å²) in [5.41, 5.74) is 0.0142. The highest BCUT2D eigenvalue weighted by atomic mass is 32.2. The Kier molecular flexibility index (Phi) is 8.07. The lowest BCUT2D eigenvalue weighted by molar-refractivity contribution is -0.139. The van der Waals surface area contributed by atoms with Crippen LogP contribution in [0.15, 0.2) is 47.4 Å². The summed E-state index contributed by atoms with van der Waals surface area (Å²) < 4.78 is 14.3. The molecule has 1 aromatic heterocycles. The molecule has 33 heavy (non-hydrogen) atoms. The zero-order valence-corrected chi connectivity index (χ0v) is 19.8. The molecule has 0 bridgehead atoms. The molecule has 0 aliphatic carbocycles. The van der Waals surface area contributed by atoms with Gasteiger partial charge in [-0.25, -0.2) is 9.59 Å². The number of fused-ring (bicyclic) bond motifs is 1. The van der Waals surface area contributed by atoms with Gasteiger partial charge in [0.15, 0.2) is 0 Å². The van der Waals surface area contributed by atoms with Gasteiger partial charge in [0, 0.05) is 10.5 Å². The van der Waals surface area contributed by atoms with Crippen LogP contribution in [0.25, 0.3) is 10.8 Å². The van der Waals surface area contributed by atoms with E-state index < -0.39 is 17.9 Å². The summed E-state index contributed by atoms with van der Waals surface area (Å²) in [5, 5.41) is 4.92. The molecule has 0 saturated heterocycles. The molecule has 10 heteroatoms. The van der Waals surface area contributed by atoms with E-state index in [0.29, 0.717) is 0 Å². The molecule has 0 aliphatic rings. The number of hydrogen-bond acceptors (Lipinski definition) is 9. The van der Waals surface area contributed by atoms with Gasteiger partial charge in [-0.15, -0.1) is 23.1 Å². The van der Waals surface area contributed by atoms with Crippen LogP contribution in [0.4, 0.5) is 5.00 Å². The second kappa shape index (κ2) is 11.0. The average Bonchev–Trinajstić information content (AvgIpc) is 3.18. The zero-order valence-electron chi connectivity index (χ0n) is 18.1. The van der Waals surface area contributed by atoms with E-state index in [4.69, 9.17) is 9.47 Å². The highest BCUT2D eigenvalue weighted by molar-refractivity contribution is 8.00. The molecule has 0 spiro atoms. The third-order valence-electron chi connectivity index (χ3n) is 4.66. The van der Waals surface area contributed by atoms with Crippen molar-refractivity contribution in [1.29, 1.82) is 0 Å². The first kappa shape index (κ1) is 24.3. The molecule has 1 amide bonds.